The molecule has 1 N–H and O–H groups in total. The second-order valence-electron chi connectivity index (χ2n) is 6.63. The maximum Gasteiger partial charge on any atom is 0.0547 e. The highest BCUT2D eigenvalue weighted by molar-refractivity contribution is 5.11. The van der Waals surface area contributed by atoms with Crippen molar-refractivity contribution in [1.82, 2.24) is 15.2 Å². The molecule has 0 radical (unpaired) electrons. The predicted molar refractivity (Wildman–Crippen MR) is 89.1 cm³/mol. The fourth-order valence-electron chi connectivity index (χ4n) is 3.18. The van der Waals surface area contributed by atoms with Gasteiger partial charge < -0.3 is 5.32 Å². The van der Waals surface area contributed by atoms with E-state index in [9.17, 15) is 0 Å². The Balaban J connectivity index is 1.85. The van der Waals surface area contributed by atoms with E-state index in [4.69, 9.17) is 4.98 Å². The number of rotatable bonds is 7. The van der Waals surface area contributed by atoms with Gasteiger partial charge in [0.1, 0.15) is 0 Å². The standard InChI is InChI=1S/C18H31N3/c1-4-12-19-13-16-6-5-7-17(20-16)14-21(3)18-10-8-15(2)9-11-18/h5-7,15,18-19H,4,8-14H2,1-3H3. The third kappa shape index (κ3) is 5.40. The molecule has 1 fully saturated rings. The van der Waals surface area contributed by atoms with Crippen molar-refractivity contribution in [3.05, 3.63) is 29.6 Å². The van der Waals surface area contributed by atoms with Crippen molar-refractivity contribution in [1.29, 1.82) is 0 Å². The van der Waals surface area contributed by atoms with Crippen LogP contribution in [-0.4, -0.2) is 29.5 Å². The first kappa shape index (κ1) is 16.4. The highest BCUT2D eigenvalue weighted by Crippen LogP contribution is 2.27. The van der Waals surface area contributed by atoms with E-state index in [2.05, 4.69) is 49.3 Å². The van der Waals surface area contributed by atoms with Gasteiger partial charge in [-0.1, -0.05) is 19.9 Å². The van der Waals surface area contributed by atoms with Crippen molar-refractivity contribution < 1.29 is 0 Å². The van der Waals surface area contributed by atoms with Gasteiger partial charge in [-0.2, -0.15) is 0 Å². The van der Waals surface area contributed by atoms with Crippen LogP contribution in [0.15, 0.2) is 18.2 Å². The van der Waals surface area contributed by atoms with Gasteiger partial charge in [-0.05, 0) is 63.7 Å². The Kier molecular flexibility index (Phi) is 6.65. The third-order valence-electron chi connectivity index (χ3n) is 4.62. The highest BCUT2D eigenvalue weighted by atomic mass is 15.1. The average molecular weight is 289 g/mol. The minimum atomic E-state index is 0.741. The molecular formula is C18H31N3. The van der Waals surface area contributed by atoms with Crippen molar-refractivity contribution in [2.75, 3.05) is 13.6 Å². The van der Waals surface area contributed by atoms with Crippen LogP contribution in [0.1, 0.15) is 57.3 Å². The van der Waals surface area contributed by atoms with E-state index < -0.39 is 0 Å². The monoisotopic (exact) mass is 289 g/mol. The lowest BCUT2D eigenvalue weighted by Gasteiger charge is -2.33. The molecular weight excluding hydrogens is 258 g/mol. The maximum absolute atomic E-state index is 4.79. The minimum Gasteiger partial charge on any atom is -0.311 e. The second-order valence-corrected chi connectivity index (χ2v) is 6.63. The molecule has 0 aromatic carbocycles. The van der Waals surface area contributed by atoms with Crippen LogP contribution in [0.5, 0.6) is 0 Å². The lowest BCUT2D eigenvalue weighted by molar-refractivity contribution is 0.162. The summed E-state index contributed by atoms with van der Waals surface area (Å²) in [6.07, 6.45) is 6.61. The largest absolute Gasteiger partial charge is 0.311 e. The van der Waals surface area contributed by atoms with Gasteiger partial charge in [-0.15, -0.1) is 0 Å². The van der Waals surface area contributed by atoms with Crippen LogP contribution in [0.25, 0.3) is 0 Å². The Morgan fingerprint density at radius 1 is 1.19 bits per heavy atom. The summed E-state index contributed by atoms with van der Waals surface area (Å²) in [7, 11) is 2.25. The van der Waals surface area contributed by atoms with Gasteiger partial charge in [0.15, 0.2) is 0 Å². The molecule has 1 aliphatic rings. The zero-order valence-corrected chi connectivity index (χ0v) is 13.9. The zero-order valence-electron chi connectivity index (χ0n) is 13.9. The van der Waals surface area contributed by atoms with Gasteiger partial charge in [-0.3, -0.25) is 9.88 Å². The number of nitrogens with one attached hydrogen (secondary N) is 1. The molecule has 3 heteroatoms. The lowest BCUT2D eigenvalue weighted by atomic mass is 9.87. The molecule has 2 rings (SSSR count). The van der Waals surface area contributed by atoms with Crippen molar-refractivity contribution in [2.45, 2.75) is 65.1 Å². The fourth-order valence-corrected chi connectivity index (χ4v) is 3.18. The molecule has 1 saturated carbocycles. The smallest absolute Gasteiger partial charge is 0.0547 e. The summed E-state index contributed by atoms with van der Waals surface area (Å²) in [4.78, 5) is 7.29. The zero-order chi connectivity index (χ0) is 15.1. The van der Waals surface area contributed by atoms with E-state index >= 15 is 0 Å². The van der Waals surface area contributed by atoms with Crippen LogP contribution in [0.4, 0.5) is 0 Å². The van der Waals surface area contributed by atoms with E-state index in [0.29, 0.717) is 0 Å². The quantitative estimate of drug-likeness (QED) is 0.778. The summed E-state index contributed by atoms with van der Waals surface area (Å²) in [5.74, 6) is 0.917. The Hall–Kier alpha value is -0.930. The summed E-state index contributed by atoms with van der Waals surface area (Å²) >= 11 is 0. The SMILES string of the molecule is CCCNCc1cccc(CN(C)C2CCC(C)CC2)n1. The Morgan fingerprint density at radius 2 is 1.90 bits per heavy atom. The third-order valence-corrected chi connectivity index (χ3v) is 4.62. The number of hydrogen-bond acceptors (Lipinski definition) is 3. The van der Waals surface area contributed by atoms with Crippen LogP contribution in [0.2, 0.25) is 0 Å². The van der Waals surface area contributed by atoms with Crippen LogP contribution in [0, 0.1) is 5.92 Å². The number of aromatic nitrogens is 1. The summed E-state index contributed by atoms with van der Waals surface area (Å²) in [5.41, 5.74) is 2.36. The Labute approximate surface area is 130 Å². The van der Waals surface area contributed by atoms with Gasteiger partial charge in [0, 0.05) is 19.1 Å². The van der Waals surface area contributed by atoms with Crippen LogP contribution in [0.3, 0.4) is 0 Å². The maximum atomic E-state index is 4.79. The summed E-state index contributed by atoms with van der Waals surface area (Å²) in [6, 6.07) is 7.16. The topological polar surface area (TPSA) is 28.2 Å². The molecule has 21 heavy (non-hydrogen) atoms. The van der Waals surface area contributed by atoms with Crippen molar-refractivity contribution >= 4 is 0 Å². The molecule has 1 aromatic heterocycles. The second kappa shape index (κ2) is 8.50. The Morgan fingerprint density at radius 3 is 2.62 bits per heavy atom. The number of nitrogens with zero attached hydrogens (tertiary/aromatic N) is 2. The van der Waals surface area contributed by atoms with E-state index in [0.717, 1.165) is 37.3 Å². The molecule has 1 aromatic rings. The van der Waals surface area contributed by atoms with Gasteiger partial charge >= 0.3 is 0 Å². The normalized spacial score (nSPS) is 22.7. The molecule has 1 heterocycles. The van der Waals surface area contributed by atoms with Crippen LogP contribution < -0.4 is 5.32 Å². The van der Waals surface area contributed by atoms with Gasteiger partial charge in [0.05, 0.1) is 11.4 Å². The molecule has 0 spiro atoms. The van der Waals surface area contributed by atoms with Crippen LogP contribution >= 0.6 is 0 Å². The number of pyridine rings is 1. The van der Waals surface area contributed by atoms with Gasteiger partial charge in [0.2, 0.25) is 0 Å². The average Bonchev–Trinajstić information content (AvgIpc) is 2.48. The van der Waals surface area contributed by atoms with Crippen molar-refractivity contribution in [3.8, 4) is 0 Å². The first-order chi connectivity index (χ1) is 10.2. The summed E-state index contributed by atoms with van der Waals surface area (Å²) in [5, 5.41) is 3.42. The minimum absolute atomic E-state index is 0.741. The van der Waals surface area contributed by atoms with E-state index in [1.165, 1.54) is 37.8 Å². The molecule has 3 nitrogen and oxygen atoms in total. The van der Waals surface area contributed by atoms with E-state index in [1.54, 1.807) is 0 Å². The summed E-state index contributed by atoms with van der Waals surface area (Å²) < 4.78 is 0. The fraction of sp³-hybridized carbons (Fsp3) is 0.722. The first-order valence-electron chi connectivity index (χ1n) is 8.54. The van der Waals surface area contributed by atoms with E-state index in [-0.39, 0.29) is 0 Å². The molecule has 1 aliphatic carbocycles. The molecule has 118 valence electrons. The van der Waals surface area contributed by atoms with Crippen LogP contribution in [-0.2, 0) is 13.1 Å². The summed E-state index contributed by atoms with van der Waals surface area (Å²) in [6.45, 7) is 7.49. The molecule has 0 saturated heterocycles. The van der Waals surface area contributed by atoms with Gasteiger partial charge in [-0.25, -0.2) is 0 Å². The molecule has 0 bridgehead atoms. The van der Waals surface area contributed by atoms with Crippen molar-refractivity contribution in [3.63, 3.8) is 0 Å². The van der Waals surface area contributed by atoms with Gasteiger partial charge in [0.25, 0.3) is 0 Å². The van der Waals surface area contributed by atoms with E-state index in [1.807, 2.05) is 0 Å². The molecule has 0 amide bonds. The Bertz CT molecular complexity index is 411. The van der Waals surface area contributed by atoms with Crippen molar-refractivity contribution in [2.24, 2.45) is 5.92 Å². The highest BCUT2D eigenvalue weighted by Gasteiger charge is 2.21. The lowest BCUT2D eigenvalue weighted by Crippen LogP contribution is -2.34. The number of hydrogen-bond donors (Lipinski definition) is 1. The molecule has 0 unspecified atom stereocenters. The molecule has 0 atom stereocenters. The molecule has 0 aliphatic heterocycles. The predicted octanol–water partition coefficient (Wildman–Crippen LogP) is 3.59. The first-order valence-corrected chi connectivity index (χ1v) is 8.54.